The topological polar surface area (TPSA) is 95.8 Å². The van der Waals surface area contributed by atoms with Crippen molar-refractivity contribution in [2.45, 2.75) is 26.9 Å². The molecule has 3 heterocycles. The maximum absolute atomic E-state index is 5.12. The third-order valence-electron chi connectivity index (χ3n) is 3.92. The first-order chi connectivity index (χ1) is 11.6. The Kier molecular flexibility index (Phi) is 5.09. The Hall–Kier alpha value is -2.42. The molecule has 9 nitrogen and oxygen atoms in total. The number of nitrogens with zero attached hydrogens (tertiary/aromatic N) is 6. The van der Waals surface area contributed by atoms with Crippen molar-refractivity contribution in [1.29, 1.82) is 0 Å². The van der Waals surface area contributed by atoms with E-state index in [1.807, 2.05) is 13.0 Å². The number of piperazine rings is 1. The molecule has 2 aromatic rings. The van der Waals surface area contributed by atoms with Crippen LogP contribution >= 0.6 is 0 Å². The Morgan fingerprint density at radius 2 is 2.00 bits per heavy atom. The predicted molar refractivity (Wildman–Crippen MR) is 87.3 cm³/mol. The minimum Gasteiger partial charge on any atom is -0.361 e. The van der Waals surface area contributed by atoms with Gasteiger partial charge in [0.05, 0.1) is 12.2 Å². The standard InChI is InChI=1S/C15H23N7O2/c1-11-8-13(19-23-11)10-21-4-6-22(7-5-21)15(16-3)17-9-14-18-12(2)24-20-14/h8H,4-7,9-10H2,1-3H3,(H,16,17). The van der Waals surface area contributed by atoms with E-state index < -0.39 is 0 Å². The molecule has 0 bridgehead atoms. The number of aromatic nitrogens is 3. The highest BCUT2D eigenvalue weighted by atomic mass is 16.5. The molecule has 0 saturated carbocycles. The zero-order valence-corrected chi connectivity index (χ0v) is 14.3. The molecule has 24 heavy (non-hydrogen) atoms. The fourth-order valence-corrected chi connectivity index (χ4v) is 2.74. The summed E-state index contributed by atoms with van der Waals surface area (Å²) < 4.78 is 10.1. The van der Waals surface area contributed by atoms with Crippen LogP contribution in [0.4, 0.5) is 0 Å². The lowest BCUT2D eigenvalue weighted by molar-refractivity contribution is 0.169. The summed E-state index contributed by atoms with van der Waals surface area (Å²) in [6, 6.07) is 1.99. The van der Waals surface area contributed by atoms with Crippen molar-refractivity contribution in [2.75, 3.05) is 33.2 Å². The summed E-state index contributed by atoms with van der Waals surface area (Å²) in [6.45, 7) is 8.73. The van der Waals surface area contributed by atoms with Gasteiger partial charge < -0.3 is 19.3 Å². The van der Waals surface area contributed by atoms with Gasteiger partial charge in [-0.2, -0.15) is 4.98 Å². The van der Waals surface area contributed by atoms with Crippen LogP contribution in [0.25, 0.3) is 0 Å². The van der Waals surface area contributed by atoms with E-state index in [0.717, 1.165) is 50.1 Å². The van der Waals surface area contributed by atoms with Gasteiger partial charge in [0.2, 0.25) is 5.89 Å². The summed E-state index contributed by atoms with van der Waals surface area (Å²) in [6.07, 6.45) is 0. The quantitative estimate of drug-likeness (QED) is 0.641. The molecule has 0 amide bonds. The van der Waals surface area contributed by atoms with Crippen LogP contribution in [0.3, 0.4) is 0 Å². The van der Waals surface area contributed by atoms with E-state index in [-0.39, 0.29) is 0 Å². The zero-order valence-electron chi connectivity index (χ0n) is 14.3. The van der Waals surface area contributed by atoms with Crippen molar-refractivity contribution >= 4 is 5.96 Å². The maximum Gasteiger partial charge on any atom is 0.223 e. The molecule has 2 aromatic heterocycles. The second-order valence-corrected chi connectivity index (χ2v) is 5.82. The van der Waals surface area contributed by atoms with Crippen molar-refractivity contribution in [2.24, 2.45) is 4.99 Å². The normalized spacial score (nSPS) is 16.6. The van der Waals surface area contributed by atoms with E-state index in [2.05, 4.69) is 35.4 Å². The first-order valence-corrected chi connectivity index (χ1v) is 8.03. The molecule has 0 atom stereocenters. The number of rotatable bonds is 4. The third-order valence-corrected chi connectivity index (χ3v) is 3.92. The van der Waals surface area contributed by atoms with Crippen LogP contribution in [0.1, 0.15) is 23.2 Å². The van der Waals surface area contributed by atoms with Gasteiger partial charge in [0.15, 0.2) is 11.8 Å². The van der Waals surface area contributed by atoms with Gasteiger partial charge in [-0.3, -0.25) is 9.89 Å². The molecule has 1 aliphatic heterocycles. The summed E-state index contributed by atoms with van der Waals surface area (Å²) in [5, 5.41) is 11.2. The lowest BCUT2D eigenvalue weighted by Gasteiger charge is -2.36. The average Bonchev–Trinajstić information content (AvgIpc) is 3.18. The van der Waals surface area contributed by atoms with Crippen molar-refractivity contribution in [3.05, 3.63) is 29.2 Å². The van der Waals surface area contributed by atoms with Crippen LogP contribution in [-0.2, 0) is 13.1 Å². The molecule has 0 aromatic carbocycles. The number of aliphatic imine (C=N–C) groups is 1. The molecule has 1 N–H and O–H groups in total. The van der Waals surface area contributed by atoms with E-state index >= 15 is 0 Å². The highest BCUT2D eigenvalue weighted by molar-refractivity contribution is 5.79. The number of hydrogen-bond acceptors (Lipinski definition) is 7. The molecular weight excluding hydrogens is 310 g/mol. The molecule has 1 saturated heterocycles. The van der Waals surface area contributed by atoms with Crippen molar-refractivity contribution in [3.8, 4) is 0 Å². The molecule has 0 spiro atoms. The van der Waals surface area contributed by atoms with Crippen LogP contribution in [0.15, 0.2) is 20.1 Å². The van der Waals surface area contributed by atoms with Crippen LogP contribution < -0.4 is 5.32 Å². The second-order valence-electron chi connectivity index (χ2n) is 5.82. The Morgan fingerprint density at radius 1 is 1.21 bits per heavy atom. The largest absolute Gasteiger partial charge is 0.361 e. The first-order valence-electron chi connectivity index (χ1n) is 8.03. The molecule has 3 rings (SSSR count). The SMILES string of the molecule is CN=C(NCc1noc(C)n1)N1CCN(Cc2cc(C)on2)CC1. The highest BCUT2D eigenvalue weighted by Gasteiger charge is 2.20. The summed E-state index contributed by atoms with van der Waals surface area (Å²) >= 11 is 0. The van der Waals surface area contributed by atoms with E-state index in [1.54, 1.807) is 14.0 Å². The summed E-state index contributed by atoms with van der Waals surface area (Å²) in [5.74, 6) is 2.91. The van der Waals surface area contributed by atoms with Crippen LogP contribution in [0, 0.1) is 13.8 Å². The van der Waals surface area contributed by atoms with Gasteiger partial charge in [-0.05, 0) is 6.92 Å². The van der Waals surface area contributed by atoms with Gasteiger partial charge in [-0.25, -0.2) is 0 Å². The number of guanidine groups is 1. The number of hydrogen-bond donors (Lipinski definition) is 1. The fraction of sp³-hybridized carbons (Fsp3) is 0.600. The third kappa shape index (κ3) is 4.10. The molecule has 0 unspecified atom stereocenters. The fourth-order valence-electron chi connectivity index (χ4n) is 2.74. The van der Waals surface area contributed by atoms with Gasteiger partial charge in [0.1, 0.15) is 5.76 Å². The summed E-state index contributed by atoms with van der Waals surface area (Å²) in [7, 11) is 1.79. The minimum absolute atomic E-state index is 0.502. The van der Waals surface area contributed by atoms with Crippen LogP contribution in [0.2, 0.25) is 0 Å². The molecule has 130 valence electrons. The molecule has 0 aliphatic carbocycles. The van der Waals surface area contributed by atoms with Crippen LogP contribution in [0.5, 0.6) is 0 Å². The number of nitrogens with one attached hydrogen (secondary N) is 1. The van der Waals surface area contributed by atoms with Crippen LogP contribution in [-0.4, -0.2) is 64.3 Å². The van der Waals surface area contributed by atoms with Gasteiger partial charge in [-0.1, -0.05) is 10.3 Å². The molecule has 1 fully saturated rings. The van der Waals surface area contributed by atoms with E-state index in [4.69, 9.17) is 9.05 Å². The van der Waals surface area contributed by atoms with Gasteiger partial charge in [0, 0.05) is 52.8 Å². The monoisotopic (exact) mass is 333 g/mol. The van der Waals surface area contributed by atoms with E-state index in [1.165, 1.54) is 0 Å². The molecule has 1 aliphatic rings. The number of aryl methyl sites for hydroxylation is 2. The smallest absolute Gasteiger partial charge is 0.223 e. The van der Waals surface area contributed by atoms with Crippen molar-refractivity contribution in [3.63, 3.8) is 0 Å². The van der Waals surface area contributed by atoms with Gasteiger partial charge in [-0.15, -0.1) is 0 Å². The first kappa shape index (κ1) is 16.4. The Balaban J connectivity index is 1.47. The maximum atomic E-state index is 5.12. The predicted octanol–water partition coefficient (Wildman–Crippen LogP) is 0.568. The molecular formula is C15H23N7O2. The Bertz CT molecular complexity index is 686. The highest BCUT2D eigenvalue weighted by Crippen LogP contribution is 2.09. The van der Waals surface area contributed by atoms with Crippen molar-refractivity contribution in [1.82, 2.24) is 30.4 Å². The molecule has 0 radical (unpaired) electrons. The van der Waals surface area contributed by atoms with E-state index in [9.17, 15) is 0 Å². The van der Waals surface area contributed by atoms with Gasteiger partial charge >= 0.3 is 0 Å². The lowest BCUT2D eigenvalue weighted by Crippen LogP contribution is -2.52. The average molecular weight is 333 g/mol. The summed E-state index contributed by atoms with van der Waals surface area (Å²) in [5.41, 5.74) is 0.982. The van der Waals surface area contributed by atoms with E-state index in [0.29, 0.717) is 18.3 Å². The van der Waals surface area contributed by atoms with Crippen molar-refractivity contribution < 1.29 is 9.05 Å². The minimum atomic E-state index is 0.502. The molecule has 9 heteroatoms. The van der Waals surface area contributed by atoms with Gasteiger partial charge in [0.25, 0.3) is 0 Å². The zero-order chi connectivity index (χ0) is 16.9. The Morgan fingerprint density at radius 3 is 2.58 bits per heavy atom. The lowest BCUT2D eigenvalue weighted by atomic mass is 10.3. The second kappa shape index (κ2) is 7.43. The Labute approximate surface area is 140 Å². The summed E-state index contributed by atoms with van der Waals surface area (Å²) in [4.78, 5) is 13.1.